The molecule has 2 N–H and O–H groups in total. The van der Waals surface area contributed by atoms with E-state index in [0.717, 1.165) is 47.6 Å². The van der Waals surface area contributed by atoms with E-state index in [0.29, 0.717) is 46.6 Å². The normalized spacial score (nSPS) is 11.3. The first-order chi connectivity index (χ1) is 16.5. The van der Waals surface area contributed by atoms with Crippen LogP contribution in [0.3, 0.4) is 0 Å². The van der Waals surface area contributed by atoms with E-state index in [1.165, 1.54) is 0 Å². The topological polar surface area (TPSA) is 58.9 Å². The number of aromatic hydroxyl groups is 2. The number of phenols is 2. The van der Waals surface area contributed by atoms with Crippen molar-refractivity contribution in [3.8, 4) is 34.1 Å². The van der Waals surface area contributed by atoms with Crippen molar-refractivity contribution < 1.29 is 19.7 Å². The maximum Gasteiger partial charge on any atom is 0.131 e. The van der Waals surface area contributed by atoms with Gasteiger partial charge in [0.15, 0.2) is 0 Å². The maximum atomic E-state index is 11.4. The van der Waals surface area contributed by atoms with Crippen molar-refractivity contribution in [1.82, 2.24) is 0 Å². The van der Waals surface area contributed by atoms with Gasteiger partial charge in [0, 0.05) is 32.7 Å². The van der Waals surface area contributed by atoms with Crippen molar-refractivity contribution in [1.29, 1.82) is 0 Å². The SMILES string of the molecule is CCCCOc1cc(-c2cc(OCCCC)c3c(C)cccc3c2O)c(O)c2cccc(C)c12. The van der Waals surface area contributed by atoms with Gasteiger partial charge in [0.05, 0.1) is 13.2 Å². The van der Waals surface area contributed by atoms with E-state index >= 15 is 0 Å². The molecule has 178 valence electrons. The Bertz CT molecular complexity index is 1220. The molecule has 0 unspecified atom stereocenters. The molecule has 0 heterocycles. The molecule has 0 aliphatic rings. The van der Waals surface area contributed by atoms with E-state index in [1.807, 2.05) is 62.4 Å². The van der Waals surface area contributed by atoms with Gasteiger partial charge in [-0.2, -0.15) is 0 Å². The van der Waals surface area contributed by atoms with Crippen LogP contribution >= 0.6 is 0 Å². The molecule has 4 aromatic carbocycles. The fourth-order valence-electron chi connectivity index (χ4n) is 4.51. The van der Waals surface area contributed by atoms with Crippen molar-refractivity contribution in [2.45, 2.75) is 53.4 Å². The van der Waals surface area contributed by atoms with Gasteiger partial charge in [-0.25, -0.2) is 0 Å². The van der Waals surface area contributed by atoms with E-state index in [4.69, 9.17) is 9.47 Å². The molecule has 0 fully saturated rings. The maximum absolute atomic E-state index is 11.4. The summed E-state index contributed by atoms with van der Waals surface area (Å²) in [7, 11) is 0. The number of rotatable bonds is 9. The van der Waals surface area contributed by atoms with Crippen molar-refractivity contribution in [3.05, 3.63) is 59.7 Å². The lowest BCUT2D eigenvalue weighted by Crippen LogP contribution is -2.00. The quantitative estimate of drug-likeness (QED) is 0.249. The predicted octanol–water partition coefficient (Wildman–Crippen LogP) is 8.05. The molecule has 0 amide bonds. The van der Waals surface area contributed by atoms with E-state index in [-0.39, 0.29) is 11.5 Å². The zero-order chi connectivity index (χ0) is 24.2. The van der Waals surface area contributed by atoms with Gasteiger partial charge in [-0.15, -0.1) is 0 Å². The fourth-order valence-corrected chi connectivity index (χ4v) is 4.51. The molecule has 4 heteroatoms. The van der Waals surface area contributed by atoms with Crippen LogP contribution in [-0.2, 0) is 0 Å². The minimum absolute atomic E-state index is 0.128. The smallest absolute Gasteiger partial charge is 0.131 e. The monoisotopic (exact) mass is 458 g/mol. The molecule has 0 aliphatic heterocycles. The first kappa shape index (κ1) is 23.7. The number of aryl methyl sites for hydroxylation is 2. The van der Waals surface area contributed by atoms with E-state index < -0.39 is 0 Å². The number of hydrogen-bond acceptors (Lipinski definition) is 4. The van der Waals surface area contributed by atoms with Gasteiger partial charge in [-0.1, -0.05) is 63.1 Å². The van der Waals surface area contributed by atoms with Crippen LogP contribution in [0.4, 0.5) is 0 Å². The Morgan fingerprint density at radius 3 is 1.44 bits per heavy atom. The molecule has 0 saturated carbocycles. The molecule has 0 aromatic heterocycles. The summed E-state index contributed by atoms with van der Waals surface area (Å²) in [4.78, 5) is 0. The third-order valence-corrected chi connectivity index (χ3v) is 6.41. The van der Waals surface area contributed by atoms with Crippen LogP contribution in [0.2, 0.25) is 0 Å². The first-order valence-electron chi connectivity index (χ1n) is 12.2. The van der Waals surface area contributed by atoms with Crippen LogP contribution in [0.25, 0.3) is 32.7 Å². The molecule has 0 atom stereocenters. The van der Waals surface area contributed by atoms with Gasteiger partial charge in [0.2, 0.25) is 0 Å². The standard InChI is InChI=1S/C30H34O4/c1-5-7-15-33-25-17-23(29(31)21-13-9-11-19(3)27(21)25)24-18-26(34-16-8-6-2)28-20(4)12-10-14-22(28)30(24)32/h9-14,17-18,31-32H,5-8,15-16H2,1-4H3. The summed E-state index contributed by atoms with van der Waals surface area (Å²) < 4.78 is 12.4. The zero-order valence-electron chi connectivity index (χ0n) is 20.6. The second kappa shape index (κ2) is 10.3. The number of fused-ring (bicyclic) bond motifs is 2. The first-order valence-corrected chi connectivity index (χ1v) is 12.2. The number of phenolic OH excluding ortho intramolecular Hbond substituents is 2. The highest BCUT2D eigenvalue weighted by Crippen LogP contribution is 2.49. The molecule has 0 saturated heterocycles. The van der Waals surface area contributed by atoms with Crippen LogP contribution < -0.4 is 9.47 Å². The fraction of sp³-hybridized carbons (Fsp3) is 0.333. The Morgan fingerprint density at radius 2 is 1.06 bits per heavy atom. The van der Waals surface area contributed by atoms with Gasteiger partial charge in [-0.3, -0.25) is 0 Å². The van der Waals surface area contributed by atoms with Crippen LogP contribution in [0.1, 0.15) is 50.7 Å². The molecule has 0 aliphatic carbocycles. The van der Waals surface area contributed by atoms with Crippen molar-refractivity contribution in [2.75, 3.05) is 13.2 Å². The Kier molecular flexibility index (Phi) is 7.16. The minimum Gasteiger partial charge on any atom is -0.507 e. The highest BCUT2D eigenvalue weighted by molar-refractivity contribution is 6.05. The molecule has 4 nitrogen and oxygen atoms in total. The lowest BCUT2D eigenvalue weighted by Gasteiger charge is -2.19. The van der Waals surface area contributed by atoms with Crippen molar-refractivity contribution >= 4 is 21.5 Å². The van der Waals surface area contributed by atoms with Crippen molar-refractivity contribution in [3.63, 3.8) is 0 Å². The molecular formula is C30H34O4. The Morgan fingerprint density at radius 1 is 0.647 bits per heavy atom. The summed E-state index contributed by atoms with van der Waals surface area (Å²) in [5, 5.41) is 26.0. The Labute approximate surface area is 201 Å². The van der Waals surface area contributed by atoms with Gasteiger partial charge in [0.25, 0.3) is 0 Å². The largest absolute Gasteiger partial charge is 0.507 e. The molecule has 34 heavy (non-hydrogen) atoms. The van der Waals surface area contributed by atoms with Crippen LogP contribution in [0, 0.1) is 13.8 Å². The molecular weight excluding hydrogens is 424 g/mol. The highest BCUT2D eigenvalue weighted by Gasteiger charge is 2.21. The zero-order valence-corrected chi connectivity index (χ0v) is 20.6. The number of ether oxygens (including phenoxy) is 2. The molecule has 0 spiro atoms. The van der Waals surface area contributed by atoms with Gasteiger partial charge in [-0.05, 0) is 49.9 Å². The molecule has 4 rings (SSSR count). The van der Waals surface area contributed by atoms with Crippen molar-refractivity contribution in [2.24, 2.45) is 0 Å². The highest BCUT2D eigenvalue weighted by atomic mass is 16.5. The molecule has 0 bridgehead atoms. The average Bonchev–Trinajstić information content (AvgIpc) is 2.83. The van der Waals surface area contributed by atoms with Gasteiger partial charge < -0.3 is 19.7 Å². The summed E-state index contributed by atoms with van der Waals surface area (Å²) in [6.45, 7) is 9.49. The molecule has 4 aromatic rings. The van der Waals surface area contributed by atoms with Gasteiger partial charge in [0.1, 0.15) is 23.0 Å². The number of benzene rings is 4. The third kappa shape index (κ3) is 4.37. The second-order valence-electron chi connectivity index (χ2n) is 8.94. The van der Waals surface area contributed by atoms with E-state index in [9.17, 15) is 10.2 Å². The van der Waals surface area contributed by atoms with E-state index in [1.54, 1.807) is 0 Å². The Balaban J connectivity index is 1.98. The lowest BCUT2D eigenvalue weighted by molar-refractivity contribution is 0.312. The van der Waals surface area contributed by atoms with Crippen LogP contribution in [0.5, 0.6) is 23.0 Å². The number of hydrogen-bond donors (Lipinski definition) is 2. The van der Waals surface area contributed by atoms with E-state index in [2.05, 4.69) is 13.8 Å². The van der Waals surface area contributed by atoms with Crippen LogP contribution in [-0.4, -0.2) is 23.4 Å². The number of unbranched alkanes of at least 4 members (excludes halogenated alkanes) is 2. The average molecular weight is 459 g/mol. The summed E-state index contributed by atoms with van der Waals surface area (Å²) in [6.07, 6.45) is 3.95. The summed E-state index contributed by atoms with van der Waals surface area (Å²) >= 11 is 0. The minimum atomic E-state index is 0.128. The summed E-state index contributed by atoms with van der Waals surface area (Å²) in [6, 6.07) is 15.4. The van der Waals surface area contributed by atoms with Crippen LogP contribution in [0.15, 0.2) is 48.5 Å². The van der Waals surface area contributed by atoms with Gasteiger partial charge >= 0.3 is 0 Å². The summed E-state index contributed by atoms with van der Waals surface area (Å²) in [5.41, 5.74) is 3.14. The third-order valence-electron chi connectivity index (χ3n) is 6.41. The Hall–Kier alpha value is -3.40. The summed E-state index contributed by atoms with van der Waals surface area (Å²) in [5.74, 6) is 1.68. The predicted molar refractivity (Wildman–Crippen MR) is 140 cm³/mol. The molecule has 0 radical (unpaired) electrons. The lowest BCUT2D eigenvalue weighted by atomic mass is 9.93. The second-order valence-corrected chi connectivity index (χ2v) is 8.94.